The summed E-state index contributed by atoms with van der Waals surface area (Å²) in [7, 11) is 0. The molecule has 0 unspecified atom stereocenters. The van der Waals surface area contributed by atoms with Crippen molar-refractivity contribution in [3.63, 3.8) is 0 Å². The molecule has 0 N–H and O–H groups in total. The van der Waals surface area contributed by atoms with E-state index in [-0.39, 0.29) is 6.61 Å². The van der Waals surface area contributed by atoms with Crippen LogP contribution in [0.1, 0.15) is 15.9 Å². The van der Waals surface area contributed by atoms with Gasteiger partial charge in [0.25, 0.3) is 0 Å². The molecule has 0 fully saturated rings. The number of aromatic nitrogens is 1. The van der Waals surface area contributed by atoms with Gasteiger partial charge < -0.3 is 4.74 Å². The lowest BCUT2D eigenvalue weighted by Crippen LogP contribution is -2.07. The minimum Gasteiger partial charge on any atom is -0.457 e. The van der Waals surface area contributed by atoms with Crippen molar-refractivity contribution in [3.8, 4) is 11.3 Å². The van der Waals surface area contributed by atoms with Crippen molar-refractivity contribution < 1.29 is 9.53 Å². The summed E-state index contributed by atoms with van der Waals surface area (Å²) in [4.78, 5) is 17.6. The van der Waals surface area contributed by atoms with Gasteiger partial charge >= 0.3 is 5.97 Å². The van der Waals surface area contributed by atoms with Crippen LogP contribution in [0, 0.1) is 0 Å². The third-order valence-electron chi connectivity index (χ3n) is 4.43. The number of fused-ring (bicyclic) bond motifs is 1. The van der Waals surface area contributed by atoms with Gasteiger partial charge in [-0.1, -0.05) is 75.5 Å². The fraction of sp³-hybridized carbons (Fsp3) is 0.0435. The number of esters is 1. The number of nitrogens with zero attached hydrogens (tertiary/aromatic N) is 1. The van der Waals surface area contributed by atoms with Crippen LogP contribution in [0.4, 0.5) is 0 Å². The van der Waals surface area contributed by atoms with Crippen LogP contribution in [0.15, 0.2) is 77.3 Å². The molecule has 0 amide bonds. The lowest BCUT2D eigenvalue weighted by molar-refractivity contribution is 0.0475. The zero-order valence-electron chi connectivity index (χ0n) is 15.0. The molecular formula is C23H14BrCl2NO2. The minimum absolute atomic E-state index is 0.0533. The number of carbonyl (C=O) groups is 1. The molecule has 29 heavy (non-hydrogen) atoms. The highest BCUT2D eigenvalue weighted by atomic mass is 79.9. The monoisotopic (exact) mass is 485 g/mol. The minimum atomic E-state index is -0.439. The third kappa shape index (κ3) is 4.45. The van der Waals surface area contributed by atoms with Gasteiger partial charge in [0.1, 0.15) is 6.61 Å². The lowest BCUT2D eigenvalue weighted by atomic mass is 10.0. The topological polar surface area (TPSA) is 39.2 Å². The molecule has 3 aromatic carbocycles. The quantitative estimate of drug-likeness (QED) is 0.283. The molecule has 0 radical (unpaired) electrons. The van der Waals surface area contributed by atoms with E-state index in [0.29, 0.717) is 26.9 Å². The molecule has 0 spiro atoms. The van der Waals surface area contributed by atoms with Gasteiger partial charge in [0, 0.05) is 31.0 Å². The molecule has 3 nitrogen and oxygen atoms in total. The van der Waals surface area contributed by atoms with E-state index in [1.165, 1.54) is 0 Å². The summed E-state index contributed by atoms with van der Waals surface area (Å²) in [6, 6.07) is 22.1. The van der Waals surface area contributed by atoms with Crippen molar-refractivity contribution >= 4 is 56.0 Å². The zero-order chi connectivity index (χ0) is 20.4. The predicted octanol–water partition coefficient (Wildman–Crippen LogP) is 7.33. The molecule has 0 aliphatic heterocycles. The molecule has 0 saturated heterocycles. The van der Waals surface area contributed by atoms with Crippen LogP contribution in [-0.2, 0) is 11.3 Å². The van der Waals surface area contributed by atoms with E-state index in [1.54, 1.807) is 24.3 Å². The average molecular weight is 487 g/mol. The van der Waals surface area contributed by atoms with Crippen LogP contribution in [0.5, 0.6) is 0 Å². The van der Waals surface area contributed by atoms with Crippen LogP contribution in [-0.4, -0.2) is 11.0 Å². The number of halogens is 3. The molecule has 0 atom stereocenters. The van der Waals surface area contributed by atoms with Crippen LogP contribution >= 0.6 is 39.1 Å². The predicted molar refractivity (Wildman–Crippen MR) is 120 cm³/mol. The Balaban J connectivity index is 1.70. The van der Waals surface area contributed by atoms with E-state index in [4.69, 9.17) is 32.9 Å². The summed E-state index contributed by atoms with van der Waals surface area (Å²) in [5, 5.41) is 1.72. The van der Waals surface area contributed by atoms with Crippen molar-refractivity contribution in [1.82, 2.24) is 4.98 Å². The van der Waals surface area contributed by atoms with Crippen molar-refractivity contribution in [2.75, 3.05) is 0 Å². The lowest BCUT2D eigenvalue weighted by Gasteiger charge is -2.11. The van der Waals surface area contributed by atoms with Crippen molar-refractivity contribution in [1.29, 1.82) is 0 Å². The van der Waals surface area contributed by atoms with Gasteiger partial charge in [0.2, 0.25) is 0 Å². The molecule has 0 saturated carbocycles. The van der Waals surface area contributed by atoms with Gasteiger partial charge in [0.05, 0.1) is 16.8 Å². The number of carbonyl (C=O) groups excluding carboxylic acids is 1. The number of para-hydroxylation sites is 1. The first-order chi connectivity index (χ1) is 14.0. The molecule has 0 aliphatic carbocycles. The van der Waals surface area contributed by atoms with Crippen LogP contribution < -0.4 is 0 Å². The average Bonchev–Trinajstić information content (AvgIpc) is 2.72. The normalized spacial score (nSPS) is 10.9. The summed E-state index contributed by atoms with van der Waals surface area (Å²) >= 11 is 15.6. The highest BCUT2D eigenvalue weighted by Gasteiger charge is 2.16. The van der Waals surface area contributed by atoms with E-state index >= 15 is 0 Å². The van der Waals surface area contributed by atoms with Gasteiger partial charge in [-0.15, -0.1) is 0 Å². The summed E-state index contributed by atoms with van der Waals surface area (Å²) in [5.74, 6) is -0.439. The maximum Gasteiger partial charge on any atom is 0.339 e. The van der Waals surface area contributed by atoms with Gasteiger partial charge in [-0.2, -0.15) is 0 Å². The molecule has 6 heteroatoms. The summed E-state index contributed by atoms with van der Waals surface area (Å²) in [6.07, 6.45) is 0. The second-order valence-electron chi connectivity index (χ2n) is 6.39. The SMILES string of the molecule is O=C(OCc1ccc(Cl)cc1Cl)c1cc(-c2cccc(Br)c2)nc2ccccc12. The van der Waals surface area contributed by atoms with Crippen molar-refractivity contribution in [3.05, 3.63) is 98.4 Å². The van der Waals surface area contributed by atoms with E-state index in [0.717, 1.165) is 20.9 Å². The number of ether oxygens (including phenoxy) is 1. The summed E-state index contributed by atoms with van der Waals surface area (Å²) in [6.45, 7) is 0.0533. The largest absolute Gasteiger partial charge is 0.457 e. The Morgan fingerprint density at radius 2 is 1.79 bits per heavy atom. The molecule has 144 valence electrons. The van der Waals surface area contributed by atoms with Gasteiger partial charge in [-0.25, -0.2) is 9.78 Å². The first-order valence-corrected chi connectivity index (χ1v) is 10.3. The number of hydrogen-bond donors (Lipinski definition) is 0. The van der Waals surface area contributed by atoms with Crippen LogP contribution in [0.25, 0.3) is 22.2 Å². The van der Waals surface area contributed by atoms with Crippen LogP contribution in [0.2, 0.25) is 10.0 Å². The van der Waals surface area contributed by atoms with Crippen LogP contribution in [0.3, 0.4) is 0 Å². The molecule has 4 rings (SSSR count). The number of rotatable bonds is 4. The Hall–Kier alpha value is -2.40. The second-order valence-corrected chi connectivity index (χ2v) is 8.15. The Morgan fingerprint density at radius 3 is 2.59 bits per heavy atom. The molecule has 0 bridgehead atoms. The Kier molecular flexibility index (Phi) is 5.86. The zero-order valence-corrected chi connectivity index (χ0v) is 18.1. The summed E-state index contributed by atoms with van der Waals surface area (Å²) < 4.78 is 6.49. The highest BCUT2D eigenvalue weighted by Crippen LogP contribution is 2.28. The Labute approximate surface area is 186 Å². The standard InChI is InChI=1S/C23H14BrCl2NO2/c24-16-5-3-4-14(10-16)22-12-19(18-6-1-2-7-21(18)27-22)23(28)29-13-15-8-9-17(25)11-20(15)26/h1-12H,13H2. The first-order valence-electron chi connectivity index (χ1n) is 8.78. The van der Waals surface area contributed by atoms with E-state index in [1.807, 2.05) is 48.5 Å². The van der Waals surface area contributed by atoms with Crippen molar-refractivity contribution in [2.24, 2.45) is 0 Å². The van der Waals surface area contributed by atoms with E-state index < -0.39 is 5.97 Å². The molecule has 1 aromatic heterocycles. The molecule has 4 aromatic rings. The number of hydrogen-bond acceptors (Lipinski definition) is 3. The second kappa shape index (κ2) is 8.54. The number of pyridine rings is 1. The maximum atomic E-state index is 12.9. The summed E-state index contributed by atoms with van der Waals surface area (Å²) in [5.41, 5.74) is 3.47. The molecule has 0 aliphatic rings. The number of benzene rings is 3. The Morgan fingerprint density at radius 1 is 0.966 bits per heavy atom. The maximum absolute atomic E-state index is 12.9. The van der Waals surface area contributed by atoms with Gasteiger partial charge in [-0.05, 0) is 36.4 Å². The smallest absolute Gasteiger partial charge is 0.339 e. The van der Waals surface area contributed by atoms with E-state index in [2.05, 4.69) is 15.9 Å². The molecular weight excluding hydrogens is 473 g/mol. The van der Waals surface area contributed by atoms with Gasteiger partial charge in [0.15, 0.2) is 0 Å². The molecule has 1 heterocycles. The van der Waals surface area contributed by atoms with E-state index in [9.17, 15) is 4.79 Å². The van der Waals surface area contributed by atoms with Crippen molar-refractivity contribution in [2.45, 2.75) is 6.61 Å². The Bertz CT molecular complexity index is 1230. The fourth-order valence-corrected chi connectivity index (χ4v) is 3.86. The first kappa shape index (κ1) is 19.9. The third-order valence-corrected chi connectivity index (χ3v) is 5.51. The van der Waals surface area contributed by atoms with Gasteiger partial charge in [-0.3, -0.25) is 0 Å². The highest BCUT2D eigenvalue weighted by molar-refractivity contribution is 9.10. The fourth-order valence-electron chi connectivity index (χ4n) is 3.00.